The van der Waals surface area contributed by atoms with Crippen LogP contribution in [0.3, 0.4) is 0 Å². The molecule has 0 spiro atoms. The van der Waals surface area contributed by atoms with Crippen LogP contribution in [0.15, 0.2) is 43.0 Å². The molecule has 0 unspecified atom stereocenters. The fourth-order valence-corrected chi connectivity index (χ4v) is 5.68. The summed E-state index contributed by atoms with van der Waals surface area (Å²) in [4.78, 5) is 7.28. The minimum absolute atomic E-state index is 0.526. The van der Waals surface area contributed by atoms with Crippen LogP contribution in [-0.4, -0.2) is 46.9 Å². The molecule has 1 aliphatic carbocycles. The van der Waals surface area contributed by atoms with Crippen LogP contribution in [0, 0.1) is 11.3 Å². The van der Waals surface area contributed by atoms with Crippen LogP contribution in [0.2, 0.25) is 0 Å². The molecule has 2 fully saturated rings. The van der Waals surface area contributed by atoms with Gasteiger partial charge in [-0.25, -0.2) is 4.98 Å². The molecule has 192 valence electrons. The number of nitriles is 1. The van der Waals surface area contributed by atoms with Crippen molar-refractivity contribution in [1.82, 2.24) is 20.1 Å². The van der Waals surface area contributed by atoms with Gasteiger partial charge in [-0.15, -0.1) is 0 Å². The largest absolute Gasteiger partial charge is 0.384 e. The maximum atomic E-state index is 9.10. The summed E-state index contributed by atoms with van der Waals surface area (Å²) >= 11 is 0. The van der Waals surface area contributed by atoms with Gasteiger partial charge in [0.25, 0.3) is 0 Å². The van der Waals surface area contributed by atoms with Gasteiger partial charge in [0.2, 0.25) is 0 Å². The lowest BCUT2D eigenvalue weighted by atomic mass is 9.76. The van der Waals surface area contributed by atoms with E-state index in [2.05, 4.69) is 58.9 Å². The van der Waals surface area contributed by atoms with Gasteiger partial charge in [-0.3, -0.25) is 5.10 Å². The number of nitrogens with zero attached hydrogens (tertiary/aromatic N) is 4. The summed E-state index contributed by atoms with van der Waals surface area (Å²) in [6.45, 7) is 9.42. The summed E-state index contributed by atoms with van der Waals surface area (Å²) in [5.41, 5.74) is 8.27. The van der Waals surface area contributed by atoms with E-state index in [-0.39, 0.29) is 0 Å². The van der Waals surface area contributed by atoms with E-state index in [0.717, 1.165) is 67.2 Å². The van der Waals surface area contributed by atoms with E-state index in [9.17, 15) is 0 Å². The van der Waals surface area contributed by atoms with Gasteiger partial charge in [-0.05, 0) is 78.8 Å². The molecule has 1 aromatic heterocycles. The second-order valence-electron chi connectivity index (χ2n) is 10.4. The molecule has 37 heavy (non-hydrogen) atoms. The lowest BCUT2D eigenvalue weighted by Crippen LogP contribution is -2.31. The van der Waals surface area contributed by atoms with Gasteiger partial charge in [0.05, 0.1) is 18.2 Å². The third kappa shape index (κ3) is 5.33. The van der Waals surface area contributed by atoms with E-state index in [1.54, 1.807) is 7.11 Å². The third-order valence-electron chi connectivity index (χ3n) is 8.22. The summed E-state index contributed by atoms with van der Waals surface area (Å²) in [6, 6.07) is 15.0. The minimum atomic E-state index is 0.526. The average Bonchev–Trinajstić information content (AvgIpc) is 3.39. The number of nitrogens with one attached hydrogen (secondary N) is 1. The molecule has 6 heteroatoms. The topological polar surface area (TPSA) is 77.8 Å². The highest BCUT2D eigenvalue weighted by atomic mass is 16.5. The normalized spacial score (nSPS) is 16.4. The SMILES string of the molecule is C=C(c1cc(-c2n[nH]c(CCOC)n2)c(C2CCC2)cc1CC)N1CCC(c2ccc(C#N)cc2)CC1. The number of methoxy groups -OCH3 is 1. The summed E-state index contributed by atoms with van der Waals surface area (Å²) < 4.78 is 5.23. The summed E-state index contributed by atoms with van der Waals surface area (Å²) in [7, 11) is 1.71. The van der Waals surface area contributed by atoms with Crippen LogP contribution in [0.1, 0.15) is 84.5 Å². The maximum Gasteiger partial charge on any atom is 0.181 e. The number of benzene rings is 2. The molecule has 0 atom stereocenters. The van der Waals surface area contributed by atoms with Gasteiger partial charge in [-0.1, -0.05) is 38.1 Å². The zero-order valence-electron chi connectivity index (χ0n) is 22.1. The Hall–Kier alpha value is -3.43. The highest BCUT2D eigenvalue weighted by Crippen LogP contribution is 2.43. The molecule has 0 bridgehead atoms. The molecule has 3 aromatic rings. The van der Waals surface area contributed by atoms with Gasteiger partial charge in [0.1, 0.15) is 5.82 Å². The van der Waals surface area contributed by atoms with Crippen molar-refractivity contribution in [2.75, 3.05) is 26.8 Å². The van der Waals surface area contributed by atoms with Crippen molar-refractivity contribution in [3.8, 4) is 17.5 Å². The van der Waals surface area contributed by atoms with Crippen molar-refractivity contribution in [3.05, 3.63) is 76.6 Å². The molecular formula is C31H37N5O. The number of ether oxygens (including phenoxy) is 1. The number of H-pyrrole nitrogens is 1. The maximum absolute atomic E-state index is 9.10. The van der Waals surface area contributed by atoms with Crippen LogP contribution in [-0.2, 0) is 17.6 Å². The van der Waals surface area contributed by atoms with E-state index in [1.165, 1.54) is 41.5 Å². The van der Waals surface area contributed by atoms with Gasteiger partial charge >= 0.3 is 0 Å². The first kappa shape index (κ1) is 25.2. The summed E-state index contributed by atoms with van der Waals surface area (Å²) in [6.07, 6.45) is 7.64. The first-order chi connectivity index (χ1) is 18.1. The molecule has 0 radical (unpaired) electrons. The molecule has 6 nitrogen and oxygen atoms in total. The zero-order valence-corrected chi connectivity index (χ0v) is 22.1. The number of hydrogen-bond acceptors (Lipinski definition) is 5. The van der Waals surface area contributed by atoms with E-state index in [4.69, 9.17) is 15.0 Å². The molecule has 1 N–H and O–H groups in total. The number of piperidine rings is 1. The molecule has 0 amide bonds. The number of hydrogen-bond donors (Lipinski definition) is 1. The number of aromatic nitrogens is 3. The first-order valence-electron chi connectivity index (χ1n) is 13.6. The predicted octanol–water partition coefficient (Wildman–Crippen LogP) is 6.21. The molecular weight excluding hydrogens is 458 g/mol. The fraction of sp³-hybridized carbons (Fsp3) is 0.452. The predicted molar refractivity (Wildman–Crippen MR) is 147 cm³/mol. The molecule has 1 saturated carbocycles. The Morgan fingerprint density at radius 2 is 1.89 bits per heavy atom. The second kappa shape index (κ2) is 11.3. The van der Waals surface area contributed by atoms with Crippen molar-refractivity contribution in [1.29, 1.82) is 5.26 Å². The smallest absolute Gasteiger partial charge is 0.181 e. The average molecular weight is 496 g/mol. The van der Waals surface area contributed by atoms with Gasteiger partial charge in [0, 0.05) is 43.4 Å². The van der Waals surface area contributed by atoms with Gasteiger partial charge < -0.3 is 9.64 Å². The van der Waals surface area contributed by atoms with Crippen LogP contribution in [0.5, 0.6) is 0 Å². The number of likely N-dealkylation sites (tertiary alicyclic amines) is 1. The summed E-state index contributed by atoms with van der Waals surface area (Å²) in [5.74, 6) is 2.76. The molecule has 5 rings (SSSR count). The Labute approximate surface area is 220 Å². The Kier molecular flexibility index (Phi) is 7.71. The Balaban J connectivity index is 1.39. The third-order valence-corrected chi connectivity index (χ3v) is 8.22. The number of aromatic amines is 1. The lowest BCUT2D eigenvalue weighted by molar-refractivity contribution is 0.200. The van der Waals surface area contributed by atoms with Crippen molar-refractivity contribution in [2.24, 2.45) is 0 Å². The zero-order chi connectivity index (χ0) is 25.8. The fourth-order valence-electron chi connectivity index (χ4n) is 5.68. The van der Waals surface area contributed by atoms with E-state index >= 15 is 0 Å². The standard InChI is InChI=1S/C31H37N5O/c1-4-23-18-28(26-6-5-7-26)29(31-33-30(34-35-31)14-17-37-3)19-27(23)21(2)36-15-12-25(13-16-36)24-10-8-22(20-32)9-11-24/h8-11,18-19,25-26H,2,4-7,12-17H2,1,3H3,(H,33,34,35). The highest BCUT2D eigenvalue weighted by molar-refractivity contribution is 5.74. The molecule has 2 aliphatic rings. The van der Waals surface area contributed by atoms with Gasteiger partial charge in [0.15, 0.2) is 5.82 Å². The van der Waals surface area contributed by atoms with Crippen molar-refractivity contribution in [2.45, 2.75) is 63.7 Å². The highest BCUT2D eigenvalue weighted by Gasteiger charge is 2.28. The number of rotatable bonds is 9. The van der Waals surface area contributed by atoms with Crippen LogP contribution < -0.4 is 0 Å². The monoisotopic (exact) mass is 495 g/mol. The van der Waals surface area contributed by atoms with E-state index in [1.807, 2.05) is 12.1 Å². The van der Waals surface area contributed by atoms with Crippen molar-refractivity contribution in [3.63, 3.8) is 0 Å². The van der Waals surface area contributed by atoms with Crippen LogP contribution >= 0.6 is 0 Å². The second-order valence-corrected chi connectivity index (χ2v) is 10.4. The van der Waals surface area contributed by atoms with Crippen molar-refractivity contribution >= 4 is 5.70 Å². The minimum Gasteiger partial charge on any atom is -0.384 e. The van der Waals surface area contributed by atoms with E-state index in [0.29, 0.717) is 18.4 Å². The van der Waals surface area contributed by atoms with Crippen LogP contribution in [0.4, 0.5) is 0 Å². The van der Waals surface area contributed by atoms with E-state index < -0.39 is 0 Å². The summed E-state index contributed by atoms with van der Waals surface area (Å²) in [5, 5.41) is 16.8. The lowest BCUT2D eigenvalue weighted by Gasteiger charge is -2.36. The Morgan fingerprint density at radius 3 is 2.51 bits per heavy atom. The molecule has 1 aliphatic heterocycles. The Bertz CT molecular complexity index is 1270. The quantitative estimate of drug-likeness (QED) is 0.382. The van der Waals surface area contributed by atoms with Crippen molar-refractivity contribution < 1.29 is 4.74 Å². The Morgan fingerprint density at radius 1 is 1.14 bits per heavy atom. The van der Waals surface area contributed by atoms with Crippen LogP contribution in [0.25, 0.3) is 17.1 Å². The number of aryl methyl sites for hydroxylation is 1. The molecule has 1 saturated heterocycles. The van der Waals surface area contributed by atoms with Gasteiger partial charge in [-0.2, -0.15) is 10.4 Å². The molecule has 2 aromatic carbocycles. The first-order valence-corrected chi connectivity index (χ1v) is 13.6. The molecule has 2 heterocycles.